The van der Waals surface area contributed by atoms with Gasteiger partial charge in [-0.3, -0.25) is 4.72 Å². The van der Waals surface area contributed by atoms with Crippen molar-refractivity contribution in [3.8, 4) is 5.75 Å². The van der Waals surface area contributed by atoms with Gasteiger partial charge in [-0.1, -0.05) is 11.3 Å². The lowest BCUT2D eigenvalue weighted by Gasteiger charge is -2.27. The summed E-state index contributed by atoms with van der Waals surface area (Å²) in [6.07, 6.45) is 0. The monoisotopic (exact) mass is 326 g/mol. The summed E-state index contributed by atoms with van der Waals surface area (Å²) in [6, 6.07) is 4.80. The molecule has 1 aliphatic rings. The van der Waals surface area contributed by atoms with Gasteiger partial charge in [0, 0.05) is 7.05 Å². The van der Waals surface area contributed by atoms with Gasteiger partial charge >= 0.3 is 0 Å². The first-order valence-corrected chi connectivity index (χ1v) is 8.56. The standard InChI is InChI=1S/C12H14N4O3S2/c1-8-13-14-12(20-8)15-21(17,18)9-3-4-11-10(7-9)16(2)5-6-19-11/h3-4,7H,5-6H2,1-2H3,(H,14,15). The van der Waals surface area contributed by atoms with E-state index in [1.807, 2.05) is 11.9 Å². The molecule has 0 amide bonds. The first-order valence-electron chi connectivity index (χ1n) is 6.26. The zero-order valence-corrected chi connectivity index (χ0v) is 13.2. The number of benzene rings is 1. The number of fused-ring (bicyclic) bond motifs is 1. The molecule has 0 bridgehead atoms. The van der Waals surface area contributed by atoms with E-state index in [0.29, 0.717) is 17.4 Å². The molecule has 2 heterocycles. The van der Waals surface area contributed by atoms with Crippen molar-refractivity contribution >= 4 is 32.2 Å². The van der Waals surface area contributed by atoms with Crippen LogP contribution >= 0.6 is 11.3 Å². The molecule has 0 spiro atoms. The summed E-state index contributed by atoms with van der Waals surface area (Å²) in [5, 5.41) is 8.52. The smallest absolute Gasteiger partial charge is 0.263 e. The Morgan fingerprint density at radius 1 is 1.38 bits per heavy atom. The van der Waals surface area contributed by atoms with Gasteiger partial charge in [0.05, 0.1) is 17.1 Å². The average Bonchev–Trinajstić information content (AvgIpc) is 2.83. The van der Waals surface area contributed by atoms with E-state index in [0.717, 1.165) is 12.2 Å². The van der Waals surface area contributed by atoms with Crippen molar-refractivity contribution < 1.29 is 13.2 Å². The highest BCUT2D eigenvalue weighted by Crippen LogP contribution is 2.33. The molecule has 3 rings (SSSR count). The normalized spacial score (nSPS) is 14.5. The van der Waals surface area contributed by atoms with Crippen LogP contribution in [0.3, 0.4) is 0 Å². The number of rotatable bonds is 3. The molecule has 1 N–H and O–H groups in total. The molecule has 0 atom stereocenters. The largest absolute Gasteiger partial charge is 0.490 e. The van der Waals surface area contributed by atoms with Gasteiger partial charge in [0.25, 0.3) is 10.0 Å². The molecule has 0 unspecified atom stereocenters. The molecule has 21 heavy (non-hydrogen) atoms. The molecule has 1 aliphatic heterocycles. The molecular weight excluding hydrogens is 312 g/mol. The van der Waals surface area contributed by atoms with E-state index in [-0.39, 0.29) is 10.0 Å². The van der Waals surface area contributed by atoms with E-state index < -0.39 is 10.0 Å². The highest BCUT2D eigenvalue weighted by molar-refractivity contribution is 7.93. The third-order valence-electron chi connectivity index (χ3n) is 3.08. The van der Waals surface area contributed by atoms with E-state index in [9.17, 15) is 8.42 Å². The van der Waals surface area contributed by atoms with Crippen molar-refractivity contribution in [1.82, 2.24) is 10.2 Å². The second kappa shape index (κ2) is 5.15. The van der Waals surface area contributed by atoms with Crippen LogP contribution in [0.5, 0.6) is 5.75 Å². The summed E-state index contributed by atoms with van der Waals surface area (Å²) >= 11 is 1.19. The quantitative estimate of drug-likeness (QED) is 0.919. The molecule has 2 aromatic rings. The number of likely N-dealkylation sites (N-methyl/N-ethyl adjacent to an activating group) is 1. The van der Waals surface area contributed by atoms with Crippen LogP contribution in [0.1, 0.15) is 5.01 Å². The minimum atomic E-state index is -3.68. The van der Waals surface area contributed by atoms with Gasteiger partial charge in [0.1, 0.15) is 17.4 Å². The maximum atomic E-state index is 12.4. The molecule has 0 fully saturated rings. The lowest BCUT2D eigenvalue weighted by Crippen LogP contribution is -2.29. The molecule has 1 aromatic heterocycles. The number of aryl methyl sites for hydroxylation is 1. The van der Waals surface area contributed by atoms with Crippen LogP contribution in [0.25, 0.3) is 0 Å². The minimum Gasteiger partial charge on any atom is -0.490 e. The van der Waals surface area contributed by atoms with E-state index in [1.165, 1.54) is 17.4 Å². The Morgan fingerprint density at radius 3 is 2.90 bits per heavy atom. The molecule has 1 aromatic carbocycles. The minimum absolute atomic E-state index is 0.173. The fourth-order valence-corrected chi connectivity index (χ4v) is 3.85. The Bertz CT molecular complexity index is 773. The van der Waals surface area contributed by atoms with Gasteiger partial charge < -0.3 is 9.64 Å². The summed E-state index contributed by atoms with van der Waals surface area (Å²) in [4.78, 5) is 2.14. The summed E-state index contributed by atoms with van der Waals surface area (Å²) in [7, 11) is -1.78. The fraction of sp³-hybridized carbons (Fsp3) is 0.333. The second-order valence-corrected chi connectivity index (χ2v) is 7.50. The lowest BCUT2D eigenvalue weighted by atomic mass is 10.2. The molecule has 7 nitrogen and oxygen atoms in total. The van der Waals surface area contributed by atoms with Crippen molar-refractivity contribution in [3.63, 3.8) is 0 Å². The molecule has 9 heteroatoms. The number of sulfonamides is 1. The maximum absolute atomic E-state index is 12.4. The van der Waals surface area contributed by atoms with Crippen LogP contribution in [0.4, 0.5) is 10.8 Å². The topological polar surface area (TPSA) is 84.4 Å². The van der Waals surface area contributed by atoms with Crippen LogP contribution in [0.2, 0.25) is 0 Å². The Kier molecular flexibility index (Phi) is 3.46. The van der Waals surface area contributed by atoms with Gasteiger partial charge in [-0.25, -0.2) is 8.42 Å². The Morgan fingerprint density at radius 2 is 2.19 bits per heavy atom. The van der Waals surface area contributed by atoms with Gasteiger partial charge in [0.2, 0.25) is 5.13 Å². The van der Waals surface area contributed by atoms with Gasteiger partial charge in [-0.15, -0.1) is 10.2 Å². The van der Waals surface area contributed by atoms with Crippen LogP contribution in [-0.4, -0.2) is 38.8 Å². The molecule has 0 radical (unpaired) electrons. The number of nitrogens with one attached hydrogen (secondary N) is 1. The van der Waals surface area contributed by atoms with Gasteiger partial charge in [0.15, 0.2) is 0 Å². The number of nitrogens with zero attached hydrogens (tertiary/aromatic N) is 3. The first-order chi connectivity index (χ1) is 9.95. The summed E-state index contributed by atoms with van der Waals surface area (Å²) in [5.74, 6) is 0.689. The highest BCUT2D eigenvalue weighted by atomic mass is 32.2. The summed E-state index contributed by atoms with van der Waals surface area (Å²) < 4.78 is 32.7. The third-order valence-corrected chi connectivity index (χ3v) is 5.30. The molecular formula is C12H14N4O3S2. The number of hydrogen-bond acceptors (Lipinski definition) is 7. The van der Waals surface area contributed by atoms with Crippen molar-refractivity contribution in [3.05, 3.63) is 23.2 Å². The van der Waals surface area contributed by atoms with E-state index in [2.05, 4.69) is 14.9 Å². The fourth-order valence-electron chi connectivity index (χ4n) is 2.01. The molecule has 0 saturated carbocycles. The van der Waals surface area contributed by atoms with Crippen molar-refractivity contribution in [1.29, 1.82) is 0 Å². The summed E-state index contributed by atoms with van der Waals surface area (Å²) in [5.41, 5.74) is 0.762. The third kappa shape index (κ3) is 2.79. The Hall–Kier alpha value is -1.87. The number of anilines is 2. The van der Waals surface area contributed by atoms with E-state index in [1.54, 1.807) is 19.1 Å². The van der Waals surface area contributed by atoms with E-state index in [4.69, 9.17) is 4.74 Å². The van der Waals surface area contributed by atoms with E-state index >= 15 is 0 Å². The zero-order chi connectivity index (χ0) is 15.0. The molecule has 0 saturated heterocycles. The van der Waals surface area contributed by atoms with Crippen molar-refractivity contribution in [2.75, 3.05) is 29.8 Å². The molecule has 0 aliphatic carbocycles. The zero-order valence-electron chi connectivity index (χ0n) is 11.5. The Balaban J connectivity index is 1.94. The highest BCUT2D eigenvalue weighted by Gasteiger charge is 2.21. The number of ether oxygens (including phenoxy) is 1. The van der Waals surface area contributed by atoms with Crippen LogP contribution in [0, 0.1) is 6.92 Å². The number of hydrogen-bond donors (Lipinski definition) is 1. The second-order valence-electron chi connectivity index (χ2n) is 4.63. The van der Waals surface area contributed by atoms with Crippen LogP contribution in [-0.2, 0) is 10.0 Å². The molecule has 112 valence electrons. The van der Waals surface area contributed by atoms with Gasteiger partial charge in [-0.05, 0) is 25.1 Å². The van der Waals surface area contributed by atoms with Crippen molar-refractivity contribution in [2.45, 2.75) is 11.8 Å². The van der Waals surface area contributed by atoms with Gasteiger partial charge in [-0.2, -0.15) is 0 Å². The first kappa shape index (κ1) is 14.1. The lowest BCUT2D eigenvalue weighted by molar-refractivity contribution is 0.311. The Labute approximate surface area is 126 Å². The number of aromatic nitrogens is 2. The van der Waals surface area contributed by atoms with Crippen LogP contribution < -0.4 is 14.4 Å². The average molecular weight is 326 g/mol. The summed E-state index contributed by atoms with van der Waals surface area (Å²) in [6.45, 7) is 3.08. The SMILES string of the molecule is Cc1nnc(NS(=O)(=O)c2ccc3c(c2)N(C)CCO3)s1. The van der Waals surface area contributed by atoms with Crippen LogP contribution in [0.15, 0.2) is 23.1 Å². The predicted molar refractivity (Wildman–Crippen MR) is 80.7 cm³/mol. The maximum Gasteiger partial charge on any atom is 0.263 e. The van der Waals surface area contributed by atoms with Crippen molar-refractivity contribution in [2.24, 2.45) is 0 Å². The predicted octanol–water partition coefficient (Wildman–Crippen LogP) is 1.48.